The quantitative estimate of drug-likeness (QED) is 0.585. The summed E-state index contributed by atoms with van der Waals surface area (Å²) in [6.07, 6.45) is 4.68. The number of halogens is 2. The Balaban J connectivity index is 2.45. The van der Waals surface area contributed by atoms with E-state index in [1.165, 1.54) is 31.4 Å². The van der Waals surface area contributed by atoms with Gasteiger partial charge in [0.15, 0.2) is 0 Å². The lowest BCUT2D eigenvalue weighted by molar-refractivity contribution is 0.628. The number of hydrogen-bond acceptors (Lipinski definition) is 2. The first kappa shape index (κ1) is 13.1. The van der Waals surface area contributed by atoms with Crippen LogP contribution in [0.5, 0.6) is 0 Å². The van der Waals surface area contributed by atoms with Crippen molar-refractivity contribution in [2.45, 2.75) is 32.6 Å². The van der Waals surface area contributed by atoms with Gasteiger partial charge < -0.3 is 11.1 Å². The Morgan fingerprint density at radius 3 is 2.75 bits per heavy atom. The zero-order chi connectivity index (χ0) is 12.0. The number of anilines is 2. The number of nitrogen functional groups attached to an aromatic ring is 1. The normalized spacial score (nSPS) is 10.4. The first-order valence-corrected chi connectivity index (χ1v) is 6.01. The van der Waals surface area contributed by atoms with Gasteiger partial charge >= 0.3 is 0 Å². The van der Waals surface area contributed by atoms with Crippen molar-refractivity contribution >= 4 is 23.0 Å². The summed E-state index contributed by atoms with van der Waals surface area (Å²) >= 11 is 5.61. The molecule has 1 aromatic carbocycles. The molecule has 0 radical (unpaired) electrons. The maximum Gasteiger partial charge on any atom is 0.143 e. The van der Waals surface area contributed by atoms with Gasteiger partial charge in [0.05, 0.1) is 16.4 Å². The second kappa shape index (κ2) is 6.59. The second-order valence-electron chi connectivity index (χ2n) is 3.84. The SMILES string of the molecule is CCCCCCNc1cc(F)c(Cl)cc1N. The van der Waals surface area contributed by atoms with Crippen molar-refractivity contribution in [1.82, 2.24) is 0 Å². The molecule has 0 saturated heterocycles. The monoisotopic (exact) mass is 244 g/mol. The number of nitrogens with two attached hydrogens (primary N) is 1. The van der Waals surface area contributed by atoms with Crippen molar-refractivity contribution in [1.29, 1.82) is 0 Å². The number of hydrogen-bond donors (Lipinski definition) is 2. The van der Waals surface area contributed by atoms with Crippen LogP contribution in [-0.4, -0.2) is 6.54 Å². The summed E-state index contributed by atoms with van der Waals surface area (Å²) in [5, 5.41) is 3.18. The summed E-state index contributed by atoms with van der Waals surface area (Å²) in [5.74, 6) is -0.438. The minimum Gasteiger partial charge on any atom is -0.397 e. The zero-order valence-electron chi connectivity index (χ0n) is 9.52. The van der Waals surface area contributed by atoms with Crippen molar-refractivity contribution in [2.75, 3.05) is 17.6 Å². The van der Waals surface area contributed by atoms with E-state index in [1.807, 2.05) is 0 Å². The maximum absolute atomic E-state index is 13.2. The average Bonchev–Trinajstić information content (AvgIpc) is 2.25. The largest absolute Gasteiger partial charge is 0.397 e. The van der Waals surface area contributed by atoms with E-state index in [4.69, 9.17) is 17.3 Å². The maximum atomic E-state index is 13.2. The van der Waals surface area contributed by atoms with Crippen LogP contribution in [0.2, 0.25) is 5.02 Å². The van der Waals surface area contributed by atoms with Crippen LogP contribution in [0.15, 0.2) is 12.1 Å². The van der Waals surface area contributed by atoms with Crippen LogP contribution >= 0.6 is 11.6 Å². The Bertz CT molecular complexity index is 342. The fraction of sp³-hybridized carbons (Fsp3) is 0.500. The molecule has 0 aliphatic carbocycles. The smallest absolute Gasteiger partial charge is 0.143 e. The van der Waals surface area contributed by atoms with Gasteiger partial charge in [0.25, 0.3) is 0 Å². The predicted molar refractivity (Wildman–Crippen MR) is 68.5 cm³/mol. The Morgan fingerprint density at radius 2 is 2.06 bits per heavy atom. The van der Waals surface area contributed by atoms with Crippen LogP contribution in [0.25, 0.3) is 0 Å². The van der Waals surface area contributed by atoms with Gasteiger partial charge in [-0.25, -0.2) is 4.39 Å². The Kier molecular flexibility index (Phi) is 5.39. The average molecular weight is 245 g/mol. The highest BCUT2D eigenvalue weighted by Gasteiger charge is 2.05. The third-order valence-corrected chi connectivity index (χ3v) is 2.73. The highest BCUT2D eigenvalue weighted by atomic mass is 35.5. The molecular formula is C12H18ClFN2. The van der Waals surface area contributed by atoms with Gasteiger partial charge in [-0.3, -0.25) is 0 Å². The van der Waals surface area contributed by atoms with Crippen LogP contribution in [0.4, 0.5) is 15.8 Å². The lowest BCUT2D eigenvalue weighted by Crippen LogP contribution is -2.04. The summed E-state index contributed by atoms with van der Waals surface area (Å²) in [6.45, 7) is 2.98. The number of unbranched alkanes of at least 4 members (excludes halogenated alkanes) is 3. The molecule has 4 heteroatoms. The van der Waals surface area contributed by atoms with E-state index in [1.54, 1.807) is 0 Å². The van der Waals surface area contributed by atoms with Crippen molar-refractivity contribution in [2.24, 2.45) is 0 Å². The van der Waals surface area contributed by atoms with E-state index >= 15 is 0 Å². The minimum atomic E-state index is -0.438. The predicted octanol–water partition coefficient (Wildman–Crippen LogP) is 4.05. The molecule has 16 heavy (non-hydrogen) atoms. The molecule has 0 spiro atoms. The third-order valence-electron chi connectivity index (χ3n) is 2.44. The number of nitrogens with one attached hydrogen (secondary N) is 1. The molecule has 1 rings (SSSR count). The molecule has 0 bridgehead atoms. The molecule has 0 aliphatic heterocycles. The van der Waals surface area contributed by atoms with Gasteiger partial charge in [-0.15, -0.1) is 0 Å². The van der Waals surface area contributed by atoms with Gasteiger partial charge in [-0.1, -0.05) is 37.8 Å². The molecule has 90 valence electrons. The first-order valence-electron chi connectivity index (χ1n) is 5.63. The van der Waals surface area contributed by atoms with E-state index in [-0.39, 0.29) is 5.02 Å². The third kappa shape index (κ3) is 3.89. The summed E-state index contributed by atoms with van der Waals surface area (Å²) in [7, 11) is 0. The van der Waals surface area contributed by atoms with Gasteiger partial charge in [0.1, 0.15) is 5.82 Å². The molecule has 1 aromatic rings. The molecule has 2 nitrogen and oxygen atoms in total. The molecule has 3 N–H and O–H groups in total. The topological polar surface area (TPSA) is 38.0 Å². The fourth-order valence-corrected chi connectivity index (χ4v) is 1.66. The minimum absolute atomic E-state index is 0.0639. The first-order chi connectivity index (χ1) is 7.65. The second-order valence-corrected chi connectivity index (χ2v) is 4.25. The van der Waals surface area contributed by atoms with Gasteiger partial charge in [-0.05, 0) is 12.5 Å². The molecule has 0 saturated carbocycles. The molecule has 0 unspecified atom stereocenters. The molecule has 0 amide bonds. The Morgan fingerprint density at radius 1 is 1.31 bits per heavy atom. The van der Waals surface area contributed by atoms with E-state index in [2.05, 4.69) is 12.2 Å². The van der Waals surface area contributed by atoms with Crippen LogP contribution in [0, 0.1) is 5.82 Å². The summed E-state index contributed by atoms with van der Waals surface area (Å²) in [6, 6.07) is 2.78. The van der Waals surface area contributed by atoms with Crippen LogP contribution in [-0.2, 0) is 0 Å². The summed E-state index contributed by atoms with van der Waals surface area (Å²) in [4.78, 5) is 0. The van der Waals surface area contributed by atoms with Crippen LogP contribution in [0.3, 0.4) is 0 Å². The van der Waals surface area contributed by atoms with Gasteiger partial charge in [0, 0.05) is 12.6 Å². The van der Waals surface area contributed by atoms with E-state index in [9.17, 15) is 4.39 Å². The fourth-order valence-electron chi connectivity index (χ4n) is 1.49. The highest BCUT2D eigenvalue weighted by Crippen LogP contribution is 2.26. The zero-order valence-corrected chi connectivity index (χ0v) is 10.3. The molecule has 0 atom stereocenters. The summed E-state index contributed by atoms with van der Waals surface area (Å²) in [5.41, 5.74) is 6.83. The molecule has 0 heterocycles. The highest BCUT2D eigenvalue weighted by molar-refractivity contribution is 6.31. The molecular weight excluding hydrogens is 227 g/mol. The van der Waals surface area contributed by atoms with Crippen molar-refractivity contribution in [3.63, 3.8) is 0 Å². The molecule has 0 fully saturated rings. The standard InChI is InChI=1S/C12H18ClFN2/c1-2-3-4-5-6-16-12-8-10(14)9(13)7-11(12)15/h7-8,16H,2-6,15H2,1H3. The van der Waals surface area contributed by atoms with Gasteiger partial charge in [-0.2, -0.15) is 0 Å². The molecule has 0 aliphatic rings. The van der Waals surface area contributed by atoms with Crippen molar-refractivity contribution < 1.29 is 4.39 Å². The van der Waals surface area contributed by atoms with Gasteiger partial charge in [0.2, 0.25) is 0 Å². The van der Waals surface area contributed by atoms with Crippen molar-refractivity contribution in [3.8, 4) is 0 Å². The number of rotatable bonds is 6. The lowest BCUT2D eigenvalue weighted by atomic mass is 10.2. The lowest BCUT2D eigenvalue weighted by Gasteiger charge is -2.09. The van der Waals surface area contributed by atoms with E-state index < -0.39 is 5.82 Å². The van der Waals surface area contributed by atoms with E-state index in [0.29, 0.717) is 11.4 Å². The van der Waals surface area contributed by atoms with E-state index in [0.717, 1.165) is 13.0 Å². The number of benzene rings is 1. The Hall–Kier alpha value is -0.960. The van der Waals surface area contributed by atoms with Crippen LogP contribution < -0.4 is 11.1 Å². The van der Waals surface area contributed by atoms with Crippen molar-refractivity contribution in [3.05, 3.63) is 23.0 Å². The summed E-state index contributed by atoms with van der Waals surface area (Å²) < 4.78 is 13.2. The molecule has 0 aromatic heterocycles. The Labute approximate surface area is 101 Å². The van der Waals surface area contributed by atoms with Crippen LogP contribution in [0.1, 0.15) is 32.6 Å².